The number of aliphatic hydroxyl groups excluding tert-OH is 1. The first kappa shape index (κ1) is 19.4. The van der Waals surface area contributed by atoms with Gasteiger partial charge in [0.15, 0.2) is 5.79 Å². The minimum absolute atomic E-state index is 0.0252. The van der Waals surface area contributed by atoms with Gasteiger partial charge < -0.3 is 30.2 Å². The summed E-state index contributed by atoms with van der Waals surface area (Å²) in [6, 6.07) is 6.26. The van der Waals surface area contributed by atoms with Crippen LogP contribution in [0.3, 0.4) is 0 Å². The number of aliphatic hydroxyl groups is 3. The Morgan fingerprint density at radius 1 is 1.28 bits per heavy atom. The van der Waals surface area contributed by atoms with Gasteiger partial charge in [-0.05, 0) is 29.7 Å². The van der Waals surface area contributed by atoms with E-state index >= 15 is 0 Å². The highest BCUT2D eigenvalue weighted by molar-refractivity contribution is 7.50. The molecule has 2 rings (SSSR count). The molecule has 0 heterocycles. The predicted molar refractivity (Wildman–Crippen MR) is 91.2 cm³/mol. The molecule has 25 heavy (non-hydrogen) atoms. The molecule has 0 radical (unpaired) electrons. The van der Waals surface area contributed by atoms with Crippen LogP contribution in [0.15, 0.2) is 52.5 Å². The fraction of sp³-hybridized carbons (Fsp3) is 0.312. The second-order valence-corrected chi connectivity index (χ2v) is 7.17. The van der Waals surface area contributed by atoms with Crippen molar-refractivity contribution in [1.82, 2.24) is 0 Å². The minimum Gasteiger partial charge on any atom is -0.508 e. The lowest BCUT2D eigenvalue weighted by atomic mass is 9.85. The van der Waals surface area contributed by atoms with Gasteiger partial charge in [0.1, 0.15) is 11.5 Å². The molecule has 1 unspecified atom stereocenters. The topological polar surface area (TPSA) is 151 Å². The van der Waals surface area contributed by atoms with E-state index in [2.05, 4.69) is 4.76 Å². The number of aromatic hydroxyl groups is 1. The summed E-state index contributed by atoms with van der Waals surface area (Å²) >= 11 is 0. The number of nitrogens with zero attached hydrogens (tertiary/aromatic N) is 1. The fourth-order valence-corrected chi connectivity index (χ4v) is 3.27. The second kappa shape index (κ2) is 7.11. The molecule has 0 spiro atoms. The van der Waals surface area contributed by atoms with Gasteiger partial charge in [-0.2, -0.15) is 4.76 Å². The number of phenolic OH excluding ortho intramolecular Hbond substituents is 1. The first-order valence-electron chi connectivity index (χ1n) is 7.48. The Balaban J connectivity index is 2.37. The van der Waals surface area contributed by atoms with Gasteiger partial charge >= 0.3 is 7.75 Å². The molecule has 8 nitrogen and oxygen atoms in total. The molecule has 1 atom stereocenters. The number of benzene rings is 1. The van der Waals surface area contributed by atoms with E-state index < -0.39 is 30.8 Å². The summed E-state index contributed by atoms with van der Waals surface area (Å²) in [7, 11) is -4.81. The molecular weight excluding hydrogens is 349 g/mol. The van der Waals surface area contributed by atoms with Gasteiger partial charge in [0.2, 0.25) is 0 Å². The zero-order chi connectivity index (χ0) is 18.8. The number of hydrogen-bond acceptors (Lipinski definition) is 5. The van der Waals surface area contributed by atoms with Crippen molar-refractivity contribution in [3.05, 3.63) is 53.3 Å². The first-order chi connectivity index (χ1) is 11.5. The Bertz CT molecular complexity index is 791. The molecule has 0 fully saturated rings. The number of phenols is 1. The van der Waals surface area contributed by atoms with Crippen LogP contribution < -0.4 is 0 Å². The van der Waals surface area contributed by atoms with Gasteiger partial charge in [-0.3, -0.25) is 0 Å². The van der Waals surface area contributed by atoms with Gasteiger partial charge in [-0.15, -0.1) is 0 Å². The predicted octanol–water partition coefficient (Wildman–Crippen LogP) is 1.87. The van der Waals surface area contributed by atoms with Crippen LogP contribution in [-0.4, -0.2) is 41.7 Å². The Labute approximate surface area is 144 Å². The SMILES string of the molecule is CC(CC(O)(O)C1=C(O)C=CCC1=NP(=O)(O)O)c1cccc(O)c1. The van der Waals surface area contributed by atoms with Gasteiger partial charge in [0, 0.05) is 12.8 Å². The zero-order valence-electron chi connectivity index (χ0n) is 13.4. The van der Waals surface area contributed by atoms with Crippen LogP contribution in [0.25, 0.3) is 0 Å². The minimum atomic E-state index is -4.81. The summed E-state index contributed by atoms with van der Waals surface area (Å²) in [6.07, 6.45) is 2.27. The van der Waals surface area contributed by atoms with Crippen molar-refractivity contribution in [2.75, 3.05) is 0 Å². The van der Waals surface area contributed by atoms with Crippen LogP contribution in [0.2, 0.25) is 0 Å². The van der Waals surface area contributed by atoms with Crippen LogP contribution in [0.4, 0.5) is 0 Å². The molecular formula is C16H20NO7P. The van der Waals surface area contributed by atoms with Gasteiger partial charge in [0.05, 0.1) is 11.3 Å². The number of allylic oxidation sites excluding steroid dienone is 2. The van der Waals surface area contributed by atoms with E-state index in [1.165, 1.54) is 24.3 Å². The van der Waals surface area contributed by atoms with Crippen LogP contribution >= 0.6 is 7.75 Å². The molecule has 1 aromatic carbocycles. The molecule has 0 saturated carbocycles. The summed E-state index contributed by atoms with van der Waals surface area (Å²) in [4.78, 5) is 18.1. The highest BCUT2D eigenvalue weighted by Gasteiger charge is 2.38. The second-order valence-electron chi connectivity index (χ2n) is 5.94. The lowest BCUT2D eigenvalue weighted by Crippen LogP contribution is -2.38. The average molecular weight is 369 g/mol. The van der Waals surface area contributed by atoms with E-state index in [9.17, 15) is 25.0 Å². The van der Waals surface area contributed by atoms with E-state index in [0.717, 1.165) is 0 Å². The van der Waals surface area contributed by atoms with Crippen molar-refractivity contribution in [3.8, 4) is 5.75 Å². The number of rotatable bonds is 5. The third kappa shape index (κ3) is 5.01. The van der Waals surface area contributed by atoms with E-state index in [4.69, 9.17) is 9.79 Å². The molecule has 0 bridgehead atoms. The zero-order valence-corrected chi connectivity index (χ0v) is 14.3. The van der Waals surface area contributed by atoms with Crippen LogP contribution in [0.5, 0.6) is 5.75 Å². The Kier molecular flexibility index (Phi) is 5.51. The third-order valence-corrected chi connectivity index (χ3v) is 4.32. The molecule has 6 N–H and O–H groups in total. The summed E-state index contributed by atoms with van der Waals surface area (Å²) in [5.74, 6) is -3.51. The first-order valence-corrected chi connectivity index (χ1v) is 9.05. The Morgan fingerprint density at radius 3 is 2.56 bits per heavy atom. The summed E-state index contributed by atoms with van der Waals surface area (Å²) in [6.45, 7) is 1.69. The summed E-state index contributed by atoms with van der Waals surface area (Å²) < 4.78 is 14.4. The van der Waals surface area contributed by atoms with Crippen molar-refractivity contribution < 1.29 is 34.8 Å². The summed E-state index contributed by atoms with van der Waals surface area (Å²) in [5, 5.41) is 40.5. The van der Waals surface area contributed by atoms with Crippen LogP contribution in [0.1, 0.15) is 31.2 Å². The maximum atomic E-state index is 11.1. The standard InChI is InChI=1S/C16H20NO7P/c1-10(11-4-2-5-12(18)8-11)9-16(20,21)15-13(17-25(22,23)24)6-3-7-14(15)19/h2-5,7-8,10,18-21H,6,9H2,1H3,(H2,22,23,24). The van der Waals surface area contributed by atoms with E-state index in [-0.39, 0.29) is 24.3 Å². The fourth-order valence-electron chi connectivity index (χ4n) is 2.78. The lowest BCUT2D eigenvalue weighted by Gasteiger charge is -2.30. The smallest absolute Gasteiger partial charge is 0.448 e. The molecule has 1 aliphatic rings. The van der Waals surface area contributed by atoms with E-state index in [0.29, 0.717) is 5.56 Å². The molecule has 1 aromatic rings. The summed E-state index contributed by atoms with van der Waals surface area (Å²) in [5.41, 5.74) is -0.0980. The highest BCUT2D eigenvalue weighted by Crippen LogP contribution is 2.41. The maximum absolute atomic E-state index is 11.1. The molecule has 136 valence electrons. The Morgan fingerprint density at radius 2 is 1.96 bits per heavy atom. The normalized spacial score (nSPS) is 18.7. The Hall–Kier alpha value is -1.96. The quantitative estimate of drug-likeness (QED) is 0.342. The molecule has 9 heteroatoms. The highest BCUT2D eigenvalue weighted by atomic mass is 31.2. The van der Waals surface area contributed by atoms with Crippen LogP contribution in [-0.2, 0) is 4.57 Å². The molecule has 1 aliphatic carbocycles. The molecule has 0 aromatic heterocycles. The molecule has 0 amide bonds. The van der Waals surface area contributed by atoms with Gasteiger partial charge in [-0.1, -0.05) is 25.1 Å². The van der Waals surface area contributed by atoms with E-state index in [1.807, 2.05) is 0 Å². The third-order valence-electron chi connectivity index (χ3n) is 3.81. The van der Waals surface area contributed by atoms with Crippen molar-refractivity contribution in [2.24, 2.45) is 4.76 Å². The monoisotopic (exact) mass is 369 g/mol. The van der Waals surface area contributed by atoms with Gasteiger partial charge in [-0.25, -0.2) is 4.57 Å². The molecule has 0 aliphatic heterocycles. The average Bonchev–Trinajstić information content (AvgIpc) is 2.44. The number of hydrogen-bond donors (Lipinski definition) is 6. The largest absolute Gasteiger partial charge is 0.508 e. The van der Waals surface area contributed by atoms with Crippen molar-refractivity contribution in [1.29, 1.82) is 0 Å². The van der Waals surface area contributed by atoms with Gasteiger partial charge in [0.25, 0.3) is 0 Å². The van der Waals surface area contributed by atoms with Crippen molar-refractivity contribution in [3.63, 3.8) is 0 Å². The molecule has 0 saturated heterocycles. The van der Waals surface area contributed by atoms with Crippen molar-refractivity contribution >= 4 is 13.5 Å². The maximum Gasteiger partial charge on any atom is 0.448 e. The van der Waals surface area contributed by atoms with E-state index in [1.54, 1.807) is 19.1 Å². The lowest BCUT2D eigenvalue weighted by molar-refractivity contribution is -0.133. The van der Waals surface area contributed by atoms with Crippen LogP contribution in [0, 0.1) is 0 Å². The van der Waals surface area contributed by atoms with Crippen molar-refractivity contribution in [2.45, 2.75) is 31.5 Å².